The molecule has 2 aliphatic rings. The summed E-state index contributed by atoms with van der Waals surface area (Å²) in [6, 6.07) is -0.495. The topological polar surface area (TPSA) is 75.7 Å². The molecule has 0 spiro atoms. The van der Waals surface area contributed by atoms with Crippen LogP contribution >= 0.6 is 0 Å². The lowest BCUT2D eigenvalue weighted by atomic mass is 9.98. The average molecular weight is 226 g/mol. The number of carbonyl (C=O) groups excluding carboxylic acids is 3. The predicted molar refractivity (Wildman–Crippen MR) is 53.3 cm³/mol. The van der Waals surface area contributed by atoms with Crippen molar-refractivity contribution in [2.45, 2.75) is 38.0 Å². The minimum atomic E-state index is -0.871. The van der Waals surface area contributed by atoms with Gasteiger partial charge in [-0.1, -0.05) is 0 Å². The molecule has 2 unspecified atom stereocenters. The Morgan fingerprint density at radius 2 is 2.19 bits per heavy atom. The molecular weight excluding hydrogens is 212 g/mol. The maximum Gasteiger partial charge on any atom is 0.293 e. The largest absolute Gasteiger partial charge is 0.463 e. The first-order chi connectivity index (χ1) is 7.45. The summed E-state index contributed by atoms with van der Waals surface area (Å²) in [6.07, 6.45) is 0.0120. The lowest BCUT2D eigenvalue weighted by Crippen LogP contribution is -2.66. The number of ether oxygens (including phenoxy) is 1. The third-order valence-corrected chi connectivity index (χ3v) is 3.04. The van der Waals surface area contributed by atoms with Gasteiger partial charge in [-0.25, -0.2) is 0 Å². The van der Waals surface area contributed by atoms with Crippen molar-refractivity contribution in [2.75, 3.05) is 6.54 Å². The number of rotatable bonds is 2. The van der Waals surface area contributed by atoms with Crippen molar-refractivity contribution in [3.05, 3.63) is 0 Å². The molecule has 0 aromatic heterocycles. The first-order valence-corrected chi connectivity index (χ1v) is 5.18. The van der Waals surface area contributed by atoms with E-state index in [4.69, 9.17) is 4.74 Å². The molecule has 2 amide bonds. The molecule has 16 heavy (non-hydrogen) atoms. The van der Waals surface area contributed by atoms with E-state index in [0.717, 1.165) is 0 Å². The molecule has 88 valence electrons. The molecule has 2 heterocycles. The van der Waals surface area contributed by atoms with Gasteiger partial charge in [-0.2, -0.15) is 0 Å². The fourth-order valence-electron chi connectivity index (χ4n) is 2.25. The van der Waals surface area contributed by atoms with Gasteiger partial charge in [0.15, 0.2) is 0 Å². The van der Waals surface area contributed by atoms with Gasteiger partial charge in [0.1, 0.15) is 17.7 Å². The van der Waals surface area contributed by atoms with Crippen molar-refractivity contribution in [3.63, 3.8) is 0 Å². The molecule has 2 saturated heterocycles. The summed E-state index contributed by atoms with van der Waals surface area (Å²) in [4.78, 5) is 35.5. The summed E-state index contributed by atoms with van der Waals surface area (Å²) in [6.45, 7) is 3.99. The van der Waals surface area contributed by atoms with Crippen LogP contribution in [0.25, 0.3) is 0 Å². The first-order valence-electron chi connectivity index (χ1n) is 5.18. The SMILES string of the molecule is CC1(C)NC(=O)C2CC(OC=O)CN2C1=O. The van der Waals surface area contributed by atoms with E-state index in [9.17, 15) is 14.4 Å². The fourth-order valence-corrected chi connectivity index (χ4v) is 2.25. The molecule has 2 aliphatic heterocycles. The van der Waals surface area contributed by atoms with E-state index in [0.29, 0.717) is 19.4 Å². The third-order valence-electron chi connectivity index (χ3n) is 3.04. The molecule has 0 aromatic rings. The molecule has 2 atom stereocenters. The first kappa shape index (κ1) is 10.9. The number of hydrogen-bond donors (Lipinski definition) is 1. The van der Waals surface area contributed by atoms with E-state index < -0.39 is 11.6 Å². The molecule has 1 N–H and O–H groups in total. The van der Waals surface area contributed by atoms with Gasteiger partial charge in [-0.3, -0.25) is 14.4 Å². The van der Waals surface area contributed by atoms with Crippen LogP contribution in [-0.2, 0) is 19.1 Å². The predicted octanol–water partition coefficient (Wildman–Crippen LogP) is -0.963. The van der Waals surface area contributed by atoms with Crippen molar-refractivity contribution in [1.29, 1.82) is 0 Å². The van der Waals surface area contributed by atoms with Crippen molar-refractivity contribution in [2.24, 2.45) is 0 Å². The Morgan fingerprint density at radius 1 is 1.50 bits per heavy atom. The molecular formula is C10H14N2O4. The Morgan fingerprint density at radius 3 is 2.81 bits per heavy atom. The van der Waals surface area contributed by atoms with Gasteiger partial charge in [-0.15, -0.1) is 0 Å². The third kappa shape index (κ3) is 1.54. The molecule has 6 nitrogen and oxygen atoms in total. The van der Waals surface area contributed by atoms with E-state index in [1.807, 2.05) is 0 Å². The van der Waals surface area contributed by atoms with Gasteiger partial charge in [0.2, 0.25) is 11.8 Å². The minimum Gasteiger partial charge on any atom is -0.463 e. The van der Waals surface area contributed by atoms with Crippen molar-refractivity contribution < 1.29 is 19.1 Å². The van der Waals surface area contributed by atoms with Crippen LogP contribution in [0.5, 0.6) is 0 Å². The highest BCUT2D eigenvalue weighted by Gasteiger charge is 2.50. The summed E-state index contributed by atoms with van der Waals surface area (Å²) in [5, 5.41) is 2.67. The number of fused-ring (bicyclic) bond motifs is 1. The zero-order valence-electron chi connectivity index (χ0n) is 9.23. The van der Waals surface area contributed by atoms with Crippen LogP contribution in [0.3, 0.4) is 0 Å². The normalized spacial score (nSPS) is 32.0. The summed E-state index contributed by atoms with van der Waals surface area (Å²) >= 11 is 0. The second kappa shape index (κ2) is 3.47. The molecule has 2 fully saturated rings. The van der Waals surface area contributed by atoms with Crippen LogP contribution in [0, 0.1) is 0 Å². The Kier molecular flexibility index (Phi) is 2.36. The van der Waals surface area contributed by atoms with Crippen LogP contribution < -0.4 is 5.32 Å². The highest BCUT2D eigenvalue weighted by Crippen LogP contribution is 2.27. The van der Waals surface area contributed by atoms with E-state index in [1.54, 1.807) is 13.8 Å². The fraction of sp³-hybridized carbons (Fsp3) is 0.700. The van der Waals surface area contributed by atoms with Crippen LogP contribution in [0.2, 0.25) is 0 Å². The summed E-state index contributed by atoms with van der Waals surface area (Å²) in [7, 11) is 0. The van der Waals surface area contributed by atoms with E-state index in [-0.39, 0.29) is 17.9 Å². The Labute approximate surface area is 92.9 Å². The summed E-state index contributed by atoms with van der Waals surface area (Å²) in [5.41, 5.74) is -0.871. The quantitative estimate of drug-likeness (QED) is 0.615. The number of amides is 2. The monoisotopic (exact) mass is 226 g/mol. The molecule has 0 aromatic carbocycles. The zero-order chi connectivity index (χ0) is 11.9. The van der Waals surface area contributed by atoms with Crippen LogP contribution in [0.15, 0.2) is 0 Å². The number of carbonyl (C=O) groups is 3. The lowest BCUT2D eigenvalue weighted by Gasteiger charge is -2.38. The number of nitrogens with one attached hydrogen (secondary N) is 1. The van der Waals surface area contributed by atoms with Gasteiger partial charge in [0.25, 0.3) is 6.47 Å². The molecule has 6 heteroatoms. The minimum absolute atomic E-state index is 0.130. The second-order valence-corrected chi connectivity index (χ2v) is 4.68. The van der Waals surface area contributed by atoms with Crippen LogP contribution in [0.4, 0.5) is 0 Å². The molecule has 0 saturated carbocycles. The molecule has 0 radical (unpaired) electrons. The number of nitrogens with zero attached hydrogens (tertiary/aromatic N) is 1. The summed E-state index contributed by atoms with van der Waals surface area (Å²) < 4.78 is 4.81. The standard InChI is InChI=1S/C10H14N2O4/c1-10(2)9(15)12-4-6(16-5-13)3-7(12)8(14)11-10/h5-7H,3-4H2,1-2H3,(H,11,14). The highest BCUT2D eigenvalue weighted by atomic mass is 16.5. The molecule has 0 bridgehead atoms. The van der Waals surface area contributed by atoms with E-state index in [2.05, 4.69) is 5.32 Å². The molecule has 0 aliphatic carbocycles. The van der Waals surface area contributed by atoms with Crippen LogP contribution in [-0.4, -0.2) is 47.4 Å². The van der Waals surface area contributed by atoms with Gasteiger partial charge in [0.05, 0.1) is 6.54 Å². The van der Waals surface area contributed by atoms with E-state index in [1.165, 1.54) is 4.90 Å². The molecule has 2 rings (SSSR count). The zero-order valence-corrected chi connectivity index (χ0v) is 9.23. The second-order valence-electron chi connectivity index (χ2n) is 4.68. The van der Waals surface area contributed by atoms with Gasteiger partial charge >= 0.3 is 0 Å². The Bertz CT molecular complexity index is 353. The van der Waals surface area contributed by atoms with Crippen LogP contribution in [0.1, 0.15) is 20.3 Å². The highest BCUT2D eigenvalue weighted by molar-refractivity contribution is 5.99. The summed E-state index contributed by atoms with van der Waals surface area (Å²) in [5.74, 6) is -0.310. The average Bonchev–Trinajstić information content (AvgIpc) is 2.59. The number of hydrogen-bond acceptors (Lipinski definition) is 4. The Hall–Kier alpha value is -1.59. The van der Waals surface area contributed by atoms with E-state index >= 15 is 0 Å². The van der Waals surface area contributed by atoms with Crippen molar-refractivity contribution in [1.82, 2.24) is 10.2 Å². The lowest BCUT2D eigenvalue weighted by molar-refractivity contribution is -0.151. The van der Waals surface area contributed by atoms with Gasteiger partial charge in [0, 0.05) is 6.42 Å². The van der Waals surface area contributed by atoms with Gasteiger partial charge in [-0.05, 0) is 13.8 Å². The van der Waals surface area contributed by atoms with Gasteiger partial charge < -0.3 is 15.0 Å². The maximum atomic E-state index is 12.0. The van der Waals surface area contributed by atoms with Crippen molar-refractivity contribution >= 4 is 18.3 Å². The Balaban J connectivity index is 2.19. The number of piperazine rings is 1. The maximum absolute atomic E-state index is 12.0. The van der Waals surface area contributed by atoms with Crippen molar-refractivity contribution in [3.8, 4) is 0 Å². The smallest absolute Gasteiger partial charge is 0.293 e.